The van der Waals surface area contributed by atoms with E-state index in [1.165, 1.54) is 5.56 Å². The van der Waals surface area contributed by atoms with Crippen LogP contribution >= 0.6 is 0 Å². The van der Waals surface area contributed by atoms with Crippen molar-refractivity contribution in [2.45, 2.75) is 11.8 Å². The van der Waals surface area contributed by atoms with Gasteiger partial charge in [-0.15, -0.1) is 0 Å². The van der Waals surface area contributed by atoms with E-state index >= 15 is 0 Å². The zero-order valence-corrected chi connectivity index (χ0v) is 12.4. The third-order valence-corrected chi connectivity index (χ3v) is 4.04. The van der Waals surface area contributed by atoms with Crippen molar-refractivity contribution in [1.82, 2.24) is 9.78 Å². The Bertz CT molecular complexity index is 776. The lowest BCUT2D eigenvalue weighted by Gasteiger charge is -2.08. The SMILES string of the molecule is Cc1ccc(-c2ccnn2-c2ccc(S(N)=O)cc2)cc1. The number of nitrogens with zero attached hydrogens (tertiary/aromatic N) is 2. The molecular formula is C16H15N3OS. The average molecular weight is 297 g/mol. The predicted octanol–water partition coefficient (Wildman–Crippen LogP) is 2.83. The van der Waals surface area contributed by atoms with E-state index in [-0.39, 0.29) is 0 Å². The summed E-state index contributed by atoms with van der Waals surface area (Å²) in [6, 6.07) is 17.5. The Morgan fingerprint density at radius 1 is 1.00 bits per heavy atom. The van der Waals surface area contributed by atoms with Crippen LogP contribution in [-0.4, -0.2) is 14.0 Å². The summed E-state index contributed by atoms with van der Waals surface area (Å²) in [5.41, 5.74) is 4.24. The molecule has 0 spiro atoms. The fraction of sp³-hybridized carbons (Fsp3) is 0.0625. The Morgan fingerprint density at radius 2 is 1.67 bits per heavy atom. The Kier molecular flexibility index (Phi) is 3.68. The average Bonchev–Trinajstić information content (AvgIpc) is 2.97. The molecule has 0 saturated carbocycles. The van der Waals surface area contributed by atoms with E-state index in [9.17, 15) is 4.21 Å². The van der Waals surface area contributed by atoms with Crippen molar-refractivity contribution in [2.24, 2.45) is 5.14 Å². The van der Waals surface area contributed by atoms with Gasteiger partial charge in [-0.1, -0.05) is 29.8 Å². The molecule has 1 heterocycles. The molecule has 3 aromatic rings. The van der Waals surface area contributed by atoms with E-state index in [4.69, 9.17) is 5.14 Å². The Labute approximate surface area is 125 Å². The van der Waals surface area contributed by atoms with E-state index < -0.39 is 11.0 Å². The van der Waals surface area contributed by atoms with Crippen molar-refractivity contribution >= 4 is 11.0 Å². The molecule has 0 bridgehead atoms. The monoisotopic (exact) mass is 297 g/mol. The number of nitrogens with two attached hydrogens (primary N) is 1. The van der Waals surface area contributed by atoms with Crippen molar-refractivity contribution in [3.63, 3.8) is 0 Å². The van der Waals surface area contributed by atoms with Crippen molar-refractivity contribution in [3.8, 4) is 16.9 Å². The van der Waals surface area contributed by atoms with Crippen LogP contribution in [0.1, 0.15) is 5.56 Å². The third-order valence-electron chi connectivity index (χ3n) is 3.30. The summed E-state index contributed by atoms with van der Waals surface area (Å²) in [6.07, 6.45) is 1.77. The van der Waals surface area contributed by atoms with Gasteiger partial charge in [0.05, 0.1) is 22.5 Å². The number of aromatic nitrogens is 2. The summed E-state index contributed by atoms with van der Waals surface area (Å²) in [4.78, 5) is 0.600. The standard InChI is InChI=1S/C16H15N3OS/c1-12-2-4-13(5-3-12)16-10-11-18-19(16)14-6-8-15(9-7-14)21(17)20/h2-11H,17H2,1H3. The zero-order valence-electron chi connectivity index (χ0n) is 11.6. The van der Waals surface area contributed by atoms with Crippen LogP contribution in [0.5, 0.6) is 0 Å². The highest BCUT2D eigenvalue weighted by Crippen LogP contribution is 2.23. The Balaban J connectivity index is 2.02. The van der Waals surface area contributed by atoms with Gasteiger partial charge in [-0.05, 0) is 37.3 Å². The molecule has 21 heavy (non-hydrogen) atoms. The van der Waals surface area contributed by atoms with E-state index in [1.54, 1.807) is 18.3 Å². The van der Waals surface area contributed by atoms with Crippen molar-refractivity contribution in [3.05, 3.63) is 66.4 Å². The second-order valence-corrected chi connectivity index (χ2v) is 5.85. The van der Waals surface area contributed by atoms with Gasteiger partial charge in [0.25, 0.3) is 0 Å². The smallest absolute Gasteiger partial charge is 0.122 e. The highest BCUT2D eigenvalue weighted by atomic mass is 32.2. The molecule has 0 fully saturated rings. The molecule has 106 valence electrons. The van der Waals surface area contributed by atoms with E-state index in [2.05, 4.69) is 36.3 Å². The normalized spacial score (nSPS) is 12.3. The van der Waals surface area contributed by atoms with Crippen LogP contribution in [0.2, 0.25) is 0 Å². The summed E-state index contributed by atoms with van der Waals surface area (Å²) >= 11 is 0. The first-order chi connectivity index (χ1) is 10.1. The number of hydrogen-bond donors (Lipinski definition) is 1. The van der Waals surface area contributed by atoms with Crippen LogP contribution in [0.4, 0.5) is 0 Å². The van der Waals surface area contributed by atoms with Crippen molar-refractivity contribution < 1.29 is 4.21 Å². The second kappa shape index (κ2) is 5.63. The minimum absolute atomic E-state index is 0.600. The summed E-state index contributed by atoms with van der Waals surface area (Å²) in [5, 5.41) is 9.74. The number of benzene rings is 2. The molecule has 0 aliphatic heterocycles. The lowest BCUT2D eigenvalue weighted by atomic mass is 10.1. The lowest BCUT2D eigenvalue weighted by molar-refractivity contribution is 0.684. The molecule has 0 aliphatic carbocycles. The number of hydrogen-bond acceptors (Lipinski definition) is 2. The van der Waals surface area contributed by atoms with Crippen LogP contribution < -0.4 is 5.14 Å². The van der Waals surface area contributed by atoms with Gasteiger partial charge in [0.2, 0.25) is 0 Å². The summed E-state index contributed by atoms with van der Waals surface area (Å²) in [6.45, 7) is 2.06. The Morgan fingerprint density at radius 3 is 2.29 bits per heavy atom. The molecule has 0 radical (unpaired) electrons. The maximum atomic E-state index is 11.2. The lowest BCUT2D eigenvalue weighted by Crippen LogP contribution is -2.03. The first-order valence-electron chi connectivity index (χ1n) is 6.53. The first-order valence-corrected chi connectivity index (χ1v) is 7.74. The fourth-order valence-corrected chi connectivity index (χ4v) is 2.58. The second-order valence-electron chi connectivity index (χ2n) is 4.79. The van der Waals surface area contributed by atoms with E-state index in [0.717, 1.165) is 16.9 Å². The van der Waals surface area contributed by atoms with Crippen LogP contribution in [0.3, 0.4) is 0 Å². The van der Waals surface area contributed by atoms with Gasteiger partial charge in [-0.25, -0.2) is 14.0 Å². The molecule has 1 aromatic heterocycles. The topological polar surface area (TPSA) is 60.9 Å². The summed E-state index contributed by atoms with van der Waals surface area (Å²) in [5.74, 6) is 0. The maximum absolute atomic E-state index is 11.2. The van der Waals surface area contributed by atoms with Crippen LogP contribution in [-0.2, 0) is 11.0 Å². The van der Waals surface area contributed by atoms with Gasteiger partial charge in [0.1, 0.15) is 11.0 Å². The molecule has 0 saturated heterocycles. The predicted molar refractivity (Wildman–Crippen MR) is 84.3 cm³/mol. The van der Waals surface area contributed by atoms with Gasteiger partial charge in [0.15, 0.2) is 0 Å². The summed E-state index contributed by atoms with van der Waals surface area (Å²) in [7, 11) is -1.46. The largest absolute Gasteiger partial charge is 0.248 e. The third kappa shape index (κ3) is 2.79. The maximum Gasteiger partial charge on any atom is 0.122 e. The molecular weight excluding hydrogens is 282 g/mol. The van der Waals surface area contributed by atoms with Gasteiger partial charge in [0, 0.05) is 5.56 Å². The molecule has 3 rings (SSSR count). The zero-order chi connectivity index (χ0) is 14.8. The molecule has 5 heteroatoms. The van der Waals surface area contributed by atoms with Crippen molar-refractivity contribution in [2.75, 3.05) is 0 Å². The molecule has 2 N–H and O–H groups in total. The van der Waals surface area contributed by atoms with Gasteiger partial charge < -0.3 is 0 Å². The van der Waals surface area contributed by atoms with Crippen molar-refractivity contribution in [1.29, 1.82) is 0 Å². The molecule has 4 nitrogen and oxygen atoms in total. The molecule has 1 atom stereocenters. The molecule has 0 aliphatic rings. The minimum Gasteiger partial charge on any atom is -0.248 e. The molecule has 2 aromatic carbocycles. The van der Waals surface area contributed by atoms with Crippen LogP contribution in [0.25, 0.3) is 16.9 Å². The van der Waals surface area contributed by atoms with Gasteiger partial charge >= 0.3 is 0 Å². The van der Waals surface area contributed by atoms with Crippen LogP contribution in [0.15, 0.2) is 65.7 Å². The summed E-state index contributed by atoms with van der Waals surface area (Å²) < 4.78 is 13.1. The van der Waals surface area contributed by atoms with E-state index in [0.29, 0.717) is 4.90 Å². The highest BCUT2D eigenvalue weighted by Gasteiger charge is 2.08. The highest BCUT2D eigenvalue weighted by molar-refractivity contribution is 7.82. The number of rotatable bonds is 3. The minimum atomic E-state index is -1.46. The number of aryl methyl sites for hydroxylation is 1. The van der Waals surface area contributed by atoms with E-state index in [1.807, 2.05) is 22.9 Å². The molecule has 1 unspecified atom stereocenters. The quantitative estimate of drug-likeness (QED) is 0.808. The molecule has 0 amide bonds. The van der Waals surface area contributed by atoms with Gasteiger partial charge in [-0.3, -0.25) is 0 Å². The fourth-order valence-electron chi connectivity index (χ4n) is 2.17. The van der Waals surface area contributed by atoms with Crippen LogP contribution in [0, 0.1) is 6.92 Å². The first kappa shape index (κ1) is 13.7. The Hall–Kier alpha value is -2.24. The van der Waals surface area contributed by atoms with Gasteiger partial charge in [-0.2, -0.15) is 5.10 Å².